The van der Waals surface area contributed by atoms with Gasteiger partial charge in [-0.3, -0.25) is 4.79 Å². The number of rotatable bonds is 8. The second-order valence-corrected chi connectivity index (χ2v) is 6.92. The van der Waals surface area contributed by atoms with Gasteiger partial charge < -0.3 is 10.2 Å². The minimum absolute atomic E-state index is 0.215. The summed E-state index contributed by atoms with van der Waals surface area (Å²) in [7, 11) is 0. The molecule has 1 saturated heterocycles. The van der Waals surface area contributed by atoms with Crippen LogP contribution in [0, 0.1) is 0 Å². The molecular weight excluding hydrogens is 337 g/mol. The minimum Gasteiger partial charge on any atom is -0.339 e. The zero-order valence-electron chi connectivity index (χ0n) is 13.7. The largest absolute Gasteiger partial charge is 0.416 e. The van der Waals surface area contributed by atoms with Crippen LogP contribution in [0.2, 0.25) is 0 Å². The van der Waals surface area contributed by atoms with Crippen LogP contribution in [0.1, 0.15) is 30.4 Å². The van der Waals surface area contributed by atoms with Crippen molar-refractivity contribution in [2.45, 2.75) is 38.0 Å². The average molecular weight is 360 g/mol. The van der Waals surface area contributed by atoms with Crippen LogP contribution in [-0.4, -0.2) is 41.9 Å². The number of hydrogen-bond acceptors (Lipinski definition) is 3. The normalized spacial score (nSPS) is 18.4. The fourth-order valence-electron chi connectivity index (χ4n) is 2.95. The highest BCUT2D eigenvalue weighted by atomic mass is 32.2. The first-order chi connectivity index (χ1) is 11.4. The molecule has 24 heavy (non-hydrogen) atoms. The second kappa shape index (κ2) is 8.76. The molecule has 1 aromatic rings. The molecule has 0 aromatic heterocycles. The summed E-state index contributed by atoms with van der Waals surface area (Å²) in [6.45, 7) is 1.86. The highest BCUT2D eigenvalue weighted by Crippen LogP contribution is 2.29. The number of carbonyl (C=O) groups is 1. The van der Waals surface area contributed by atoms with Crippen LogP contribution in [0.5, 0.6) is 0 Å². The van der Waals surface area contributed by atoms with Crippen LogP contribution >= 0.6 is 11.8 Å². The summed E-state index contributed by atoms with van der Waals surface area (Å²) in [4.78, 5) is 13.8. The number of benzene rings is 1. The molecule has 0 bridgehead atoms. The van der Waals surface area contributed by atoms with Gasteiger partial charge in [0.2, 0.25) is 5.91 Å². The Hall–Kier alpha value is -1.21. The first-order valence-electron chi connectivity index (χ1n) is 8.07. The van der Waals surface area contributed by atoms with Crippen molar-refractivity contribution in [1.29, 1.82) is 0 Å². The lowest BCUT2D eigenvalue weighted by molar-refractivity contribution is -0.137. The van der Waals surface area contributed by atoms with Crippen LogP contribution in [0.4, 0.5) is 13.2 Å². The summed E-state index contributed by atoms with van der Waals surface area (Å²) < 4.78 is 38.0. The number of amides is 1. The molecule has 3 nitrogen and oxygen atoms in total. The van der Waals surface area contributed by atoms with E-state index in [4.69, 9.17) is 0 Å². The number of alkyl halides is 3. The molecule has 1 aliphatic heterocycles. The third-order valence-electron chi connectivity index (χ3n) is 4.23. The van der Waals surface area contributed by atoms with Crippen molar-refractivity contribution < 1.29 is 18.0 Å². The van der Waals surface area contributed by atoms with Crippen LogP contribution in [0.15, 0.2) is 24.3 Å². The third kappa shape index (κ3) is 5.41. The monoisotopic (exact) mass is 360 g/mol. The summed E-state index contributed by atoms with van der Waals surface area (Å²) in [5, 5.41) is 3.19. The molecule has 1 heterocycles. The van der Waals surface area contributed by atoms with Gasteiger partial charge >= 0.3 is 6.18 Å². The van der Waals surface area contributed by atoms with Crippen molar-refractivity contribution in [3.05, 3.63) is 35.4 Å². The average Bonchev–Trinajstić information content (AvgIpc) is 2.89. The number of nitrogens with zero attached hydrogens (tertiary/aromatic N) is 1. The Balaban J connectivity index is 1.77. The van der Waals surface area contributed by atoms with Gasteiger partial charge in [-0.25, -0.2) is 0 Å². The molecule has 1 amide bonds. The smallest absolute Gasteiger partial charge is 0.339 e. The van der Waals surface area contributed by atoms with Crippen molar-refractivity contribution >= 4 is 17.7 Å². The molecule has 134 valence electrons. The Morgan fingerprint density at radius 2 is 2.17 bits per heavy atom. The van der Waals surface area contributed by atoms with E-state index in [2.05, 4.69) is 5.32 Å². The zero-order valence-corrected chi connectivity index (χ0v) is 14.6. The molecule has 0 spiro atoms. The number of likely N-dealkylation sites (tertiary alicyclic amines) is 1. The van der Waals surface area contributed by atoms with Crippen molar-refractivity contribution in [2.24, 2.45) is 0 Å². The van der Waals surface area contributed by atoms with Gasteiger partial charge in [-0.2, -0.15) is 24.9 Å². The maximum atomic E-state index is 12.7. The molecule has 0 aliphatic carbocycles. The summed E-state index contributed by atoms with van der Waals surface area (Å²) in [5.74, 6) is 1.15. The van der Waals surface area contributed by atoms with Gasteiger partial charge in [0, 0.05) is 31.3 Å². The van der Waals surface area contributed by atoms with Gasteiger partial charge in [0.15, 0.2) is 0 Å². The standard InChI is InChI=1S/C17H23F3N2OS/c1-24-10-9-22-15(5-6-16(22)23)7-8-21-12-13-3-2-4-14(11-13)17(18,19)20/h2-4,11,15,21H,5-10,12H2,1H3/t15-/m0/s1. The summed E-state index contributed by atoms with van der Waals surface area (Å²) in [5.41, 5.74) is -0.00186. The first kappa shape index (κ1) is 19.1. The number of nitrogens with one attached hydrogen (secondary N) is 1. The SMILES string of the molecule is CSCCN1C(=O)CC[C@H]1CCNCc1cccc(C(F)(F)F)c1. The Morgan fingerprint density at radius 3 is 2.88 bits per heavy atom. The summed E-state index contributed by atoms with van der Waals surface area (Å²) >= 11 is 1.72. The van der Waals surface area contributed by atoms with E-state index in [9.17, 15) is 18.0 Å². The van der Waals surface area contributed by atoms with E-state index in [1.54, 1.807) is 17.8 Å². The van der Waals surface area contributed by atoms with E-state index < -0.39 is 11.7 Å². The van der Waals surface area contributed by atoms with E-state index in [-0.39, 0.29) is 11.9 Å². The quantitative estimate of drug-likeness (QED) is 0.720. The van der Waals surface area contributed by atoms with Gasteiger partial charge in [0.1, 0.15) is 0 Å². The lowest BCUT2D eigenvalue weighted by Crippen LogP contribution is -2.36. The van der Waals surface area contributed by atoms with Crippen LogP contribution in [0.3, 0.4) is 0 Å². The predicted octanol–water partition coefficient (Wildman–Crippen LogP) is 3.54. The maximum absolute atomic E-state index is 12.7. The van der Waals surface area contributed by atoms with Crippen LogP contribution < -0.4 is 5.32 Å². The van der Waals surface area contributed by atoms with Gasteiger partial charge in [0.25, 0.3) is 0 Å². The van der Waals surface area contributed by atoms with Gasteiger partial charge in [-0.15, -0.1) is 0 Å². The van der Waals surface area contributed by atoms with E-state index in [1.165, 1.54) is 12.1 Å². The number of thioether (sulfide) groups is 1. The molecule has 1 aliphatic rings. The number of halogens is 3. The Labute approximate surface area is 145 Å². The van der Waals surface area contributed by atoms with Crippen LogP contribution in [-0.2, 0) is 17.5 Å². The zero-order chi connectivity index (χ0) is 17.6. The van der Waals surface area contributed by atoms with Crippen molar-refractivity contribution in [3.63, 3.8) is 0 Å². The highest BCUT2D eigenvalue weighted by molar-refractivity contribution is 7.98. The number of carbonyl (C=O) groups excluding carboxylic acids is 1. The van der Waals surface area contributed by atoms with Crippen molar-refractivity contribution in [1.82, 2.24) is 10.2 Å². The first-order valence-corrected chi connectivity index (χ1v) is 9.46. The summed E-state index contributed by atoms with van der Waals surface area (Å²) in [6, 6.07) is 5.62. The molecule has 0 radical (unpaired) electrons. The molecule has 2 rings (SSSR count). The van der Waals surface area contributed by atoms with Crippen LogP contribution in [0.25, 0.3) is 0 Å². The summed E-state index contributed by atoms with van der Waals surface area (Å²) in [6.07, 6.45) is 0.0222. The molecule has 1 aromatic carbocycles. The molecule has 0 unspecified atom stereocenters. The van der Waals surface area contributed by atoms with E-state index in [1.807, 2.05) is 11.2 Å². The molecule has 1 fully saturated rings. The maximum Gasteiger partial charge on any atom is 0.416 e. The topological polar surface area (TPSA) is 32.3 Å². The Bertz CT molecular complexity index is 551. The van der Waals surface area contributed by atoms with Crippen molar-refractivity contribution in [3.8, 4) is 0 Å². The van der Waals surface area contributed by atoms with Crippen molar-refractivity contribution in [2.75, 3.05) is 25.1 Å². The Kier molecular flexibility index (Phi) is 6.98. The molecular formula is C17H23F3N2OS. The molecule has 1 N–H and O–H groups in total. The predicted molar refractivity (Wildman–Crippen MR) is 90.9 cm³/mol. The van der Waals surface area contributed by atoms with E-state index >= 15 is 0 Å². The Morgan fingerprint density at radius 1 is 1.38 bits per heavy atom. The minimum atomic E-state index is -4.31. The second-order valence-electron chi connectivity index (χ2n) is 5.94. The molecule has 1 atom stereocenters. The number of hydrogen-bond donors (Lipinski definition) is 1. The lowest BCUT2D eigenvalue weighted by Gasteiger charge is -2.24. The fourth-order valence-corrected chi connectivity index (χ4v) is 3.33. The highest BCUT2D eigenvalue weighted by Gasteiger charge is 2.31. The van der Waals surface area contributed by atoms with Gasteiger partial charge in [-0.05, 0) is 37.3 Å². The molecule has 7 heteroatoms. The van der Waals surface area contributed by atoms with E-state index in [0.29, 0.717) is 25.1 Å². The molecule has 0 saturated carbocycles. The fraction of sp³-hybridized carbons (Fsp3) is 0.588. The van der Waals surface area contributed by atoms with E-state index in [0.717, 1.165) is 31.2 Å². The van der Waals surface area contributed by atoms with Gasteiger partial charge in [0.05, 0.1) is 5.56 Å². The van der Waals surface area contributed by atoms with Gasteiger partial charge in [-0.1, -0.05) is 18.2 Å². The third-order valence-corrected chi connectivity index (χ3v) is 4.82. The lowest BCUT2D eigenvalue weighted by atomic mass is 10.1.